The van der Waals surface area contributed by atoms with Crippen LogP contribution in [-0.2, 0) is 14.8 Å². The predicted molar refractivity (Wildman–Crippen MR) is 93.0 cm³/mol. The van der Waals surface area contributed by atoms with Gasteiger partial charge in [0.2, 0.25) is 5.88 Å². The van der Waals surface area contributed by atoms with E-state index in [-0.39, 0.29) is 22.3 Å². The second kappa shape index (κ2) is 8.17. The van der Waals surface area contributed by atoms with E-state index < -0.39 is 16.0 Å². The van der Waals surface area contributed by atoms with Crippen LogP contribution in [0.4, 0.5) is 5.13 Å². The van der Waals surface area contributed by atoms with E-state index >= 15 is 0 Å². The first-order valence-electron chi connectivity index (χ1n) is 7.30. The smallest absolute Gasteiger partial charge is 0.312 e. The van der Waals surface area contributed by atoms with Crippen LogP contribution in [0.3, 0.4) is 0 Å². The number of rotatable bonds is 8. The van der Waals surface area contributed by atoms with Crippen molar-refractivity contribution in [2.24, 2.45) is 0 Å². The van der Waals surface area contributed by atoms with E-state index in [0.717, 1.165) is 11.3 Å². The number of carbonyl (C=O) groups is 1. The van der Waals surface area contributed by atoms with Gasteiger partial charge in [0.25, 0.3) is 10.0 Å². The number of aromatic nitrogens is 1. The molecule has 0 spiro atoms. The van der Waals surface area contributed by atoms with Crippen LogP contribution in [-0.4, -0.2) is 33.6 Å². The highest BCUT2D eigenvalue weighted by atomic mass is 32.2. The van der Waals surface area contributed by atoms with Crippen LogP contribution in [0.15, 0.2) is 28.5 Å². The van der Waals surface area contributed by atoms with Crippen LogP contribution >= 0.6 is 11.3 Å². The van der Waals surface area contributed by atoms with Gasteiger partial charge in [-0.25, -0.2) is 8.42 Å². The molecule has 25 heavy (non-hydrogen) atoms. The minimum atomic E-state index is -3.87. The molecule has 0 bridgehead atoms. The zero-order valence-corrected chi connectivity index (χ0v) is 15.6. The van der Waals surface area contributed by atoms with Crippen molar-refractivity contribution in [3.63, 3.8) is 0 Å². The lowest BCUT2D eigenvalue weighted by atomic mass is 10.3. The normalized spacial score (nSPS) is 11.0. The number of nitrogens with one attached hydrogen (secondary N) is 1. The molecule has 0 amide bonds. The molecule has 0 aliphatic rings. The maximum atomic E-state index is 12.5. The number of nitrogens with zero attached hydrogens (tertiary/aromatic N) is 1. The molecule has 1 N–H and O–H groups in total. The first kappa shape index (κ1) is 19.0. The Morgan fingerprint density at radius 1 is 1.24 bits per heavy atom. The van der Waals surface area contributed by atoms with E-state index in [4.69, 9.17) is 14.2 Å². The van der Waals surface area contributed by atoms with Crippen LogP contribution < -0.4 is 18.9 Å². The summed E-state index contributed by atoms with van der Waals surface area (Å²) in [6.45, 7) is 1.85. The second-order valence-corrected chi connectivity index (χ2v) is 7.38. The topological polar surface area (TPSA) is 104 Å². The molecule has 0 aliphatic carbocycles. The van der Waals surface area contributed by atoms with Gasteiger partial charge in [0.05, 0.1) is 24.5 Å². The minimum absolute atomic E-state index is 0.00937. The van der Waals surface area contributed by atoms with Gasteiger partial charge in [-0.05, 0) is 18.6 Å². The SMILES string of the molecule is CCCC(=O)Oc1csc(NS(=O)(=O)c2ccc(OC)c(OC)c2)n1. The monoisotopic (exact) mass is 386 g/mol. The molecule has 1 aromatic carbocycles. The average Bonchev–Trinajstić information content (AvgIpc) is 3.00. The average molecular weight is 386 g/mol. The molecule has 136 valence electrons. The molecule has 0 radical (unpaired) electrons. The van der Waals surface area contributed by atoms with Gasteiger partial charge >= 0.3 is 5.97 Å². The molecule has 1 aromatic heterocycles. The number of ether oxygens (including phenoxy) is 3. The van der Waals surface area contributed by atoms with E-state index in [0.29, 0.717) is 17.9 Å². The summed E-state index contributed by atoms with van der Waals surface area (Å²) in [5.74, 6) is 0.357. The van der Waals surface area contributed by atoms with Crippen LogP contribution in [0.25, 0.3) is 0 Å². The molecule has 0 aliphatic heterocycles. The zero-order valence-electron chi connectivity index (χ0n) is 13.9. The summed E-state index contributed by atoms with van der Waals surface area (Å²) < 4.78 is 42.5. The number of anilines is 1. The Hall–Kier alpha value is -2.33. The Balaban J connectivity index is 2.16. The summed E-state index contributed by atoms with van der Waals surface area (Å²) in [5.41, 5.74) is 0. The Morgan fingerprint density at radius 2 is 1.96 bits per heavy atom. The van der Waals surface area contributed by atoms with Crippen LogP contribution in [0.1, 0.15) is 19.8 Å². The van der Waals surface area contributed by atoms with E-state index in [1.165, 1.54) is 37.8 Å². The van der Waals surface area contributed by atoms with E-state index in [1.54, 1.807) is 0 Å². The fourth-order valence-electron chi connectivity index (χ4n) is 1.88. The van der Waals surface area contributed by atoms with Crippen molar-refractivity contribution < 1.29 is 27.4 Å². The van der Waals surface area contributed by atoms with Crippen molar-refractivity contribution in [1.82, 2.24) is 4.98 Å². The largest absolute Gasteiger partial charge is 0.493 e. The van der Waals surface area contributed by atoms with E-state index in [2.05, 4.69) is 9.71 Å². The van der Waals surface area contributed by atoms with Gasteiger partial charge in [-0.2, -0.15) is 4.98 Å². The number of thiazole rings is 1. The number of esters is 1. The maximum Gasteiger partial charge on any atom is 0.312 e. The third-order valence-electron chi connectivity index (χ3n) is 3.04. The summed E-state index contributed by atoms with van der Waals surface area (Å²) in [4.78, 5) is 15.4. The molecular weight excluding hydrogens is 368 g/mol. The van der Waals surface area contributed by atoms with Gasteiger partial charge in [-0.3, -0.25) is 9.52 Å². The second-order valence-electron chi connectivity index (χ2n) is 4.84. The molecule has 1 heterocycles. The van der Waals surface area contributed by atoms with Gasteiger partial charge in [0, 0.05) is 12.5 Å². The summed E-state index contributed by atoms with van der Waals surface area (Å²) >= 11 is 1.01. The quantitative estimate of drug-likeness (QED) is 0.696. The predicted octanol–water partition coefficient (Wildman–Crippen LogP) is 2.67. The van der Waals surface area contributed by atoms with Crippen molar-refractivity contribution in [1.29, 1.82) is 0 Å². The van der Waals surface area contributed by atoms with Gasteiger partial charge in [0.15, 0.2) is 16.6 Å². The molecule has 0 unspecified atom stereocenters. The molecule has 10 heteroatoms. The maximum absolute atomic E-state index is 12.5. The van der Waals surface area contributed by atoms with E-state index in [9.17, 15) is 13.2 Å². The van der Waals surface area contributed by atoms with Gasteiger partial charge < -0.3 is 14.2 Å². The van der Waals surface area contributed by atoms with Gasteiger partial charge in [-0.15, -0.1) is 11.3 Å². The Bertz CT molecular complexity index is 847. The molecule has 0 fully saturated rings. The van der Waals surface area contributed by atoms with Crippen molar-refractivity contribution in [2.75, 3.05) is 18.9 Å². The number of methoxy groups -OCH3 is 2. The summed E-state index contributed by atoms with van der Waals surface area (Å²) in [6, 6.07) is 4.23. The molecule has 0 saturated heterocycles. The fourth-order valence-corrected chi connectivity index (χ4v) is 3.76. The lowest BCUT2D eigenvalue weighted by Gasteiger charge is -2.10. The van der Waals surface area contributed by atoms with Gasteiger partial charge in [0.1, 0.15) is 0 Å². The summed E-state index contributed by atoms with van der Waals surface area (Å²) in [5, 5.41) is 1.55. The number of sulfonamides is 1. The standard InChI is InChI=1S/C15H18N2O6S2/c1-4-5-14(18)23-13-9-24-15(16-13)17-25(19,20)10-6-7-11(21-2)12(8-10)22-3/h6-9H,4-5H2,1-3H3,(H,16,17). The number of benzene rings is 1. The first-order chi connectivity index (χ1) is 11.9. The zero-order chi connectivity index (χ0) is 18.4. The molecule has 8 nitrogen and oxygen atoms in total. The van der Waals surface area contributed by atoms with Crippen molar-refractivity contribution in [2.45, 2.75) is 24.7 Å². The van der Waals surface area contributed by atoms with Crippen LogP contribution in [0.5, 0.6) is 17.4 Å². The van der Waals surface area contributed by atoms with Crippen LogP contribution in [0, 0.1) is 0 Å². The molecule has 2 aromatic rings. The minimum Gasteiger partial charge on any atom is -0.493 e. The van der Waals surface area contributed by atoms with Crippen LogP contribution in [0.2, 0.25) is 0 Å². The summed E-state index contributed by atoms with van der Waals surface area (Å²) in [7, 11) is -0.999. The Morgan fingerprint density at radius 3 is 2.60 bits per heavy atom. The molecule has 0 saturated carbocycles. The lowest BCUT2D eigenvalue weighted by Crippen LogP contribution is -2.13. The Kier molecular flexibility index (Phi) is 6.21. The van der Waals surface area contributed by atoms with Gasteiger partial charge in [-0.1, -0.05) is 6.92 Å². The molecule has 0 atom stereocenters. The third-order valence-corrected chi connectivity index (χ3v) is 5.24. The number of carbonyl (C=O) groups excluding carboxylic acids is 1. The summed E-state index contributed by atoms with van der Waals surface area (Å²) in [6.07, 6.45) is 0.923. The molecule has 2 rings (SSSR count). The fraction of sp³-hybridized carbons (Fsp3) is 0.333. The van der Waals surface area contributed by atoms with Crippen molar-refractivity contribution >= 4 is 32.5 Å². The number of hydrogen-bond donors (Lipinski definition) is 1. The highest BCUT2D eigenvalue weighted by Crippen LogP contribution is 2.31. The third kappa shape index (κ3) is 4.83. The Labute approximate surface area is 149 Å². The highest BCUT2D eigenvalue weighted by molar-refractivity contribution is 7.93. The first-order valence-corrected chi connectivity index (χ1v) is 9.67. The van der Waals surface area contributed by atoms with Crippen molar-refractivity contribution in [3.8, 4) is 17.4 Å². The molecular formula is C15H18N2O6S2. The number of hydrogen-bond acceptors (Lipinski definition) is 8. The highest BCUT2D eigenvalue weighted by Gasteiger charge is 2.19. The van der Waals surface area contributed by atoms with E-state index in [1.807, 2.05) is 6.92 Å². The van der Waals surface area contributed by atoms with Crippen molar-refractivity contribution in [3.05, 3.63) is 23.6 Å². The lowest BCUT2D eigenvalue weighted by molar-refractivity contribution is -0.134.